The fourth-order valence-corrected chi connectivity index (χ4v) is 2.84. The highest BCUT2D eigenvalue weighted by atomic mass is 32.2. The van der Waals surface area contributed by atoms with Gasteiger partial charge in [0.25, 0.3) is 0 Å². The van der Waals surface area contributed by atoms with Crippen molar-refractivity contribution in [3.8, 4) is 0 Å². The molecular formula is C12H13N5OS. The van der Waals surface area contributed by atoms with Crippen LogP contribution in [0.4, 0.5) is 0 Å². The summed E-state index contributed by atoms with van der Waals surface area (Å²) in [5, 5.41) is 11.7. The number of para-hydroxylation sites is 2. The second-order valence-corrected chi connectivity index (χ2v) is 5.07. The molecule has 0 saturated heterocycles. The molecule has 0 saturated carbocycles. The first kappa shape index (κ1) is 12.0. The van der Waals surface area contributed by atoms with Crippen LogP contribution in [0, 0.1) is 0 Å². The largest absolute Gasteiger partial charge is 0.358 e. The summed E-state index contributed by atoms with van der Waals surface area (Å²) in [5.41, 5.74) is 2.14. The van der Waals surface area contributed by atoms with Crippen molar-refractivity contribution in [1.82, 2.24) is 24.5 Å². The first-order chi connectivity index (χ1) is 9.22. The van der Waals surface area contributed by atoms with E-state index in [1.807, 2.05) is 40.3 Å². The number of hydrogen-bond donors (Lipinski definition) is 1. The van der Waals surface area contributed by atoms with Gasteiger partial charge in [0, 0.05) is 14.1 Å². The second kappa shape index (κ2) is 4.58. The van der Waals surface area contributed by atoms with Crippen LogP contribution in [0.3, 0.4) is 0 Å². The lowest BCUT2D eigenvalue weighted by Crippen LogP contribution is -2.19. The summed E-state index contributed by atoms with van der Waals surface area (Å²) < 4.78 is 3.97. The predicted octanol–water partition coefficient (Wildman–Crippen LogP) is 1.06. The number of aryl methyl sites for hydroxylation is 1. The first-order valence-electron chi connectivity index (χ1n) is 5.84. The summed E-state index contributed by atoms with van der Waals surface area (Å²) in [6.45, 7) is 0. The van der Waals surface area contributed by atoms with Gasteiger partial charge in [-0.1, -0.05) is 23.9 Å². The molecule has 7 heteroatoms. The van der Waals surface area contributed by atoms with Crippen molar-refractivity contribution in [2.24, 2.45) is 7.05 Å². The number of hydrogen-bond acceptors (Lipinski definition) is 4. The van der Waals surface area contributed by atoms with Crippen LogP contribution in [0.2, 0.25) is 0 Å². The third-order valence-electron chi connectivity index (χ3n) is 3.01. The van der Waals surface area contributed by atoms with E-state index in [1.54, 1.807) is 7.05 Å². The maximum atomic E-state index is 11.3. The van der Waals surface area contributed by atoms with Gasteiger partial charge in [0.15, 0.2) is 5.16 Å². The van der Waals surface area contributed by atoms with Crippen molar-refractivity contribution in [1.29, 1.82) is 0 Å². The van der Waals surface area contributed by atoms with Crippen LogP contribution >= 0.6 is 11.8 Å². The molecular weight excluding hydrogens is 262 g/mol. The fourth-order valence-electron chi connectivity index (χ4n) is 2.03. The summed E-state index contributed by atoms with van der Waals surface area (Å²) in [6, 6.07) is 8.04. The number of imidazole rings is 1. The summed E-state index contributed by atoms with van der Waals surface area (Å²) in [6.07, 6.45) is 0. The quantitative estimate of drug-likeness (QED) is 0.726. The van der Waals surface area contributed by atoms with Crippen LogP contribution in [0.15, 0.2) is 29.4 Å². The van der Waals surface area contributed by atoms with E-state index in [2.05, 4.69) is 15.5 Å². The second-order valence-electron chi connectivity index (χ2n) is 4.13. The van der Waals surface area contributed by atoms with E-state index in [4.69, 9.17) is 0 Å². The topological polar surface area (TPSA) is 64.2 Å². The number of aromatic nitrogens is 4. The van der Waals surface area contributed by atoms with Gasteiger partial charge in [-0.2, -0.15) is 0 Å². The zero-order chi connectivity index (χ0) is 13.4. The minimum Gasteiger partial charge on any atom is -0.358 e. The maximum absolute atomic E-state index is 11.3. The lowest BCUT2D eigenvalue weighted by molar-refractivity contribution is -0.118. The normalized spacial score (nSPS) is 11.3. The number of benzene rings is 1. The Kier molecular flexibility index (Phi) is 2.90. The predicted molar refractivity (Wildman–Crippen MR) is 74.3 cm³/mol. The standard InChI is InChI=1S/C12H13N5OS/c1-13-10(18)7-19-12-15-14-11-16(2)8-5-3-4-6-9(8)17(11)12/h3-6H,7H2,1-2H3,(H,13,18). The Hall–Kier alpha value is -2.02. The summed E-state index contributed by atoms with van der Waals surface area (Å²) in [4.78, 5) is 11.3. The lowest BCUT2D eigenvalue weighted by atomic mass is 10.3. The molecule has 1 amide bonds. The van der Waals surface area contributed by atoms with Crippen LogP contribution in [-0.4, -0.2) is 37.9 Å². The van der Waals surface area contributed by atoms with Crippen LogP contribution in [-0.2, 0) is 11.8 Å². The highest BCUT2D eigenvalue weighted by Crippen LogP contribution is 2.24. The Bertz CT molecular complexity index is 760. The van der Waals surface area contributed by atoms with Gasteiger partial charge in [0.1, 0.15) is 0 Å². The first-order valence-corrected chi connectivity index (χ1v) is 6.83. The monoisotopic (exact) mass is 275 g/mol. The molecule has 0 fully saturated rings. The highest BCUT2D eigenvalue weighted by Gasteiger charge is 2.15. The van der Waals surface area contributed by atoms with Crippen molar-refractivity contribution in [3.63, 3.8) is 0 Å². The van der Waals surface area contributed by atoms with E-state index in [0.717, 1.165) is 22.0 Å². The summed E-state index contributed by atoms with van der Waals surface area (Å²) >= 11 is 1.38. The molecule has 0 atom stereocenters. The molecule has 0 bridgehead atoms. The zero-order valence-corrected chi connectivity index (χ0v) is 11.4. The summed E-state index contributed by atoms with van der Waals surface area (Å²) in [7, 11) is 3.58. The van der Waals surface area contributed by atoms with Crippen LogP contribution in [0.1, 0.15) is 0 Å². The van der Waals surface area contributed by atoms with E-state index in [1.165, 1.54) is 11.8 Å². The number of carbonyl (C=O) groups is 1. The van der Waals surface area contributed by atoms with Gasteiger partial charge < -0.3 is 9.88 Å². The number of thioether (sulfide) groups is 1. The van der Waals surface area contributed by atoms with Gasteiger partial charge in [-0.3, -0.25) is 9.20 Å². The molecule has 2 aromatic heterocycles. The molecule has 98 valence electrons. The van der Waals surface area contributed by atoms with E-state index in [9.17, 15) is 4.79 Å². The molecule has 0 unspecified atom stereocenters. The van der Waals surface area contributed by atoms with E-state index in [0.29, 0.717) is 5.75 Å². The van der Waals surface area contributed by atoms with Gasteiger partial charge in [0.05, 0.1) is 16.8 Å². The SMILES string of the molecule is CNC(=O)CSc1nnc2n(C)c3ccccc3n12. The molecule has 2 heterocycles. The molecule has 0 spiro atoms. The molecule has 19 heavy (non-hydrogen) atoms. The molecule has 0 aliphatic rings. The third-order valence-corrected chi connectivity index (χ3v) is 3.94. The highest BCUT2D eigenvalue weighted by molar-refractivity contribution is 7.99. The van der Waals surface area contributed by atoms with Crippen molar-refractivity contribution in [2.75, 3.05) is 12.8 Å². The fraction of sp³-hybridized carbons (Fsp3) is 0.250. The van der Waals surface area contributed by atoms with Gasteiger partial charge in [-0.15, -0.1) is 10.2 Å². The maximum Gasteiger partial charge on any atom is 0.236 e. The number of carbonyl (C=O) groups excluding carboxylic acids is 1. The average molecular weight is 275 g/mol. The zero-order valence-electron chi connectivity index (χ0n) is 10.6. The molecule has 3 rings (SSSR count). The smallest absolute Gasteiger partial charge is 0.236 e. The van der Waals surface area contributed by atoms with Crippen molar-refractivity contribution < 1.29 is 4.79 Å². The van der Waals surface area contributed by atoms with E-state index in [-0.39, 0.29) is 5.91 Å². The van der Waals surface area contributed by atoms with Gasteiger partial charge in [0.2, 0.25) is 11.7 Å². The van der Waals surface area contributed by atoms with Crippen molar-refractivity contribution in [3.05, 3.63) is 24.3 Å². The number of amides is 1. The van der Waals surface area contributed by atoms with Gasteiger partial charge in [-0.05, 0) is 12.1 Å². The molecule has 0 aliphatic heterocycles. The Labute approximate surface area is 113 Å². The summed E-state index contributed by atoms with van der Waals surface area (Å²) in [5.74, 6) is 1.09. The Morgan fingerprint density at radius 1 is 1.32 bits per heavy atom. The third kappa shape index (κ3) is 1.86. The van der Waals surface area contributed by atoms with Crippen LogP contribution < -0.4 is 5.32 Å². The minimum absolute atomic E-state index is 0.0259. The molecule has 0 radical (unpaired) electrons. The van der Waals surface area contributed by atoms with Crippen LogP contribution in [0.25, 0.3) is 16.8 Å². The molecule has 3 aromatic rings. The van der Waals surface area contributed by atoms with Crippen molar-refractivity contribution in [2.45, 2.75) is 5.16 Å². The van der Waals surface area contributed by atoms with E-state index >= 15 is 0 Å². The molecule has 1 aromatic carbocycles. The van der Waals surface area contributed by atoms with Gasteiger partial charge in [-0.25, -0.2) is 0 Å². The van der Waals surface area contributed by atoms with Gasteiger partial charge >= 0.3 is 0 Å². The number of rotatable bonds is 3. The average Bonchev–Trinajstić information content (AvgIpc) is 2.98. The number of fused-ring (bicyclic) bond motifs is 3. The molecule has 6 nitrogen and oxygen atoms in total. The Morgan fingerprint density at radius 3 is 2.79 bits per heavy atom. The van der Waals surface area contributed by atoms with Crippen molar-refractivity contribution >= 4 is 34.5 Å². The minimum atomic E-state index is -0.0259. The molecule has 0 aliphatic carbocycles. The number of nitrogens with zero attached hydrogens (tertiary/aromatic N) is 4. The lowest BCUT2D eigenvalue weighted by Gasteiger charge is -1.98. The number of nitrogens with one attached hydrogen (secondary N) is 1. The Morgan fingerprint density at radius 2 is 2.05 bits per heavy atom. The Balaban J connectivity index is 2.11. The van der Waals surface area contributed by atoms with Crippen LogP contribution in [0.5, 0.6) is 0 Å². The molecule has 1 N–H and O–H groups in total. The van der Waals surface area contributed by atoms with E-state index < -0.39 is 0 Å².